The summed E-state index contributed by atoms with van der Waals surface area (Å²) in [5.41, 5.74) is 12.0. The Morgan fingerprint density at radius 3 is 1.60 bits per heavy atom. The first-order valence-electron chi connectivity index (χ1n) is 1.24. The fourth-order valence-electron chi connectivity index (χ4n) is 0.0556. The third kappa shape index (κ3) is 3.12. The van der Waals surface area contributed by atoms with Gasteiger partial charge >= 0.3 is 0 Å². The van der Waals surface area contributed by atoms with E-state index in [4.69, 9.17) is 11.5 Å². The van der Waals surface area contributed by atoms with Gasteiger partial charge in [-0.25, -0.2) is 0 Å². The van der Waals surface area contributed by atoms with Crippen molar-refractivity contribution in [2.75, 3.05) is 0 Å². The van der Waals surface area contributed by atoms with Gasteiger partial charge in [0.15, 0.2) is 0 Å². The molecule has 0 radical (unpaired) electrons. The van der Waals surface area contributed by atoms with E-state index in [9.17, 15) is 0 Å². The van der Waals surface area contributed by atoms with Crippen LogP contribution in [-0.4, -0.2) is 0 Å². The maximum Gasteiger partial charge on any atom is 0.0386 e. The normalized spacial score (nSPS) is 4.80. The zero-order valence-corrected chi connectivity index (χ0v) is 2.81. The molecule has 5 heavy (non-hydrogen) atoms. The molecule has 0 saturated carbocycles. The van der Waals surface area contributed by atoms with Crippen LogP contribution in [0.2, 0.25) is 0 Å². The van der Waals surface area contributed by atoms with Gasteiger partial charge in [-0.1, -0.05) is 5.73 Å². The van der Waals surface area contributed by atoms with Crippen molar-refractivity contribution < 1.29 is 0 Å². The molecule has 0 aromatic rings. The van der Waals surface area contributed by atoms with Crippen LogP contribution in [0.5, 0.6) is 0 Å². The van der Waals surface area contributed by atoms with Crippen molar-refractivity contribution >= 4 is 0 Å². The largest absolute Gasteiger partial charge is 0.398 e. The van der Waals surface area contributed by atoms with Gasteiger partial charge in [-0.05, 0) is 0 Å². The summed E-state index contributed by atoms with van der Waals surface area (Å²) in [6.07, 6.45) is 2.50. The molecule has 0 aliphatic heterocycles. The van der Waals surface area contributed by atoms with Gasteiger partial charge in [0.05, 0.1) is 0 Å². The van der Waals surface area contributed by atoms with Crippen LogP contribution in [0.25, 0.3) is 0 Å². The number of hydrogen-bond acceptors (Lipinski definition) is 2. The number of hydrogen-bond donors (Lipinski definition) is 2. The highest BCUT2D eigenvalue weighted by atomic mass is 14.5. The molecule has 0 aromatic heterocycles. The van der Waals surface area contributed by atoms with Crippen molar-refractivity contribution in [3.63, 3.8) is 0 Å². The predicted octanol–water partition coefficient (Wildman–Crippen LogP) is -0.470. The van der Waals surface area contributed by atoms with E-state index in [-0.39, 0.29) is 0 Å². The molecule has 0 atom stereocenters. The highest BCUT2D eigenvalue weighted by molar-refractivity contribution is 4.74. The first-order valence-corrected chi connectivity index (χ1v) is 1.24. The molecule has 0 unspecified atom stereocenters. The molecule has 0 aliphatic carbocycles. The Hall–Kier alpha value is -0.880. The summed E-state index contributed by atoms with van der Waals surface area (Å²) in [5, 5.41) is 0. The van der Waals surface area contributed by atoms with Crippen LogP contribution in [0.15, 0.2) is 18.1 Å². The SMILES string of the molecule is NC=C=CN. The van der Waals surface area contributed by atoms with E-state index in [1.165, 1.54) is 12.4 Å². The second kappa shape index (κ2) is 3.12. The lowest BCUT2D eigenvalue weighted by atomic mass is 10.8. The topological polar surface area (TPSA) is 52.0 Å². The van der Waals surface area contributed by atoms with Crippen molar-refractivity contribution in [1.82, 2.24) is 0 Å². The molecule has 28 valence electrons. The molecular weight excluding hydrogens is 64.0 g/mol. The second-order valence-electron chi connectivity index (χ2n) is 0.500. The molecule has 0 aromatic carbocycles. The molecule has 0 rings (SSSR count). The molecular formula is C3H6N2. The zero-order chi connectivity index (χ0) is 4.12. The van der Waals surface area contributed by atoms with Crippen LogP contribution in [0.1, 0.15) is 0 Å². The van der Waals surface area contributed by atoms with Gasteiger partial charge in [0.2, 0.25) is 0 Å². The molecule has 2 nitrogen and oxygen atoms in total. The third-order valence-electron chi connectivity index (χ3n) is 0.192. The highest BCUT2D eigenvalue weighted by Crippen LogP contribution is 1.39. The Kier molecular flexibility index (Phi) is 2.57. The quantitative estimate of drug-likeness (QED) is 0.378. The summed E-state index contributed by atoms with van der Waals surface area (Å²) in [6, 6.07) is 0. The zero-order valence-electron chi connectivity index (χ0n) is 2.81. The second-order valence-corrected chi connectivity index (χ2v) is 0.500. The molecule has 0 bridgehead atoms. The van der Waals surface area contributed by atoms with E-state index < -0.39 is 0 Å². The lowest BCUT2D eigenvalue weighted by molar-refractivity contribution is 1.57. The monoisotopic (exact) mass is 70.1 g/mol. The molecule has 0 heterocycles. The molecule has 0 saturated heterocycles. The maximum atomic E-state index is 4.79. The van der Waals surface area contributed by atoms with Gasteiger partial charge in [0.1, 0.15) is 0 Å². The van der Waals surface area contributed by atoms with Crippen molar-refractivity contribution in [3.05, 3.63) is 18.1 Å². The maximum absolute atomic E-state index is 4.79. The van der Waals surface area contributed by atoms with Crippen LogP contribution < -0.4 is 11.5 Å². The fraction of sp³-hybridized carbons (Fsp3) is 0. The van der Waals surface area contributed by atoms with E-state index in [2.05, 4.69) is 5.73 Å². The third-order valence-corrected chi connectivity index (χ3v) is 0.192. The van der Waals surface area contributed by atoms with Gasteiger partial charge < -0.3 is 11.5 Å². The van der Waals surface area contributed by atoms with Gasteiger partial charge in [0.25, 0.3) is 0 Å². The molecule has 2 heteroatoms. The Labute approximate surface area is 30.8 Å². The Bertz CT molecular complexity index is 53.3. The van der Waals surface area contributed by atoms with Gasteiger partial charge in [-0.3, -0.25) is 0 Å². The van der Waals surface area contributed by atoms with Crippen molar-refractivity contribution in [3.8, 4) is 0 Å². The van der Waals surface area contributed by atoms with Crippen LogP contribution in [0, 0.1) is 0 Å². The summed E-state index contributed by atoms with van der Waals surface area (Å²) >= 11 is 0. The van der Waals surface area contributed by atoms with Crippen LogP contribution >= 0.6 is 0 Å². The van der Waals surface area contributed by atoms with Gasteiger partial charge in [-0.15, -0.1) is 0 Å². The molecule has 4 N–H and O–H groups in total. The smallest absolute Gasteiger partial charge is 0.0386 e. The molecule has 0 amide bonds. The average Bonchev–Trinajstić information content (AvgIpc) is 1.41. The van der Waals surface area contributed by atoms with Crippen molar-refractivity contribution in [1.29, 1.82) is 0 Å². The van der Waals surface area contributed by atoms with Crippen LogP contribution in [-0.2, 0) is 0 Å². The first-order chi connectivity index (χ1) is 2.41. The summed E-state index contributed by atoms with van der Waals surface area (Å²) in [7, 11) is 0. The molecule has 0 spiro atoms. The first kappa shape index (κ1) is 4.12. The molecule has 0 fully saturated rings. The summed E-state index contributed by atoms with van der Waals surface area (Å²) in [6.45, 7) is 0. The fourth-order valence-corrected chi connectivity index (χ4v) is 0.0556. The van der Waals surface area contributed by atoms with Gasteiger partial charge in [0, 0.05) is 12.4 Å². The van der Waals surface area contributed by atoms with Gasteiger partial charge in [-0.2, -0.15) is 0 Å². The van der Waals surface area contributed by atoms with Crippen LogP contribution in [0.4, 0.5) is 0 Å². The van der Waals surface area contributed by atoms with E-state index in [1.54, 1.807) is 0 Å². The van der Waals surface area contributed by atoms with Crippen molar-refractivity contribution in [2.45, 2.75) is 0 Å². The summed E-state index contributed by atoms with van der Waals surface area (Å²) in [4.78, 5) is 0. The predicted molar refractivity (Wildman–Crippen MR) is 21.0 cm³/mol. The lowest BCUT2D eigenvalue weighted by Crippen LogP contribution is -1.75. The van der Waals surface area contributed by atoms with Crippen molar-refractivity contribution in [2.24, 2.45) is 11.5 Å². The minimum atomic E-state index is 1.25. The lowest BCUT2D eigenvalue weighted by Gasteiger charge is -1.53. The highest BCUT2D eigenvalue weighted by Gasteiger charge is 1.33. The summed E-state index contributed by atoms with van der Waals surface area (Å²) in [5.74, 6) is 0. The van der Waals surface area contributed by atoms with E-state index in [0.29, 0.717) is 0 Å². The average molecular weight is 70.1 g/mol. The minimum Gasteiger partial charge on any atom is -0.398 e. The Morgan fingerprint density at radius 2 is 1.60 bits per heavy atom. The van der Waals surface area contributed by atoms with E-state index in [0.717, 1.165) is 0 Å². The number of nitrogens with two attached hydrogens (primary N) is 2. The van der Waals surface area contributed by atoms with E-state index in [1.807, 2.05) is 0 Å². The summed E-state index contributed by atoms with van der Waals surface area (Å²) < 4.78 is 0. The number of rotatable bonds is 0. The molecule has 0 aliphatic rings. The minimum absolute atomic E-state index is 1.25. The standard InChI is InChI=1S/C3H6N2/c4-2-1-3-5/h2-3H,4-5H2. The Morgan fingerprint density at radius 1 is 1.20 bits per heavy atom. The van der Waals surface area contributed by atoms with E-state index >= 15 is 0 Å². The Balaban J connectivity index is 3.26. The van der Waals surface area contributed by atoms with Crippen LogP contribution in [0.3, 0.4) is 0 Å².